The molecule has 0 amide bonds. The summed E-state index contributed by atoms with van der Waals surface area (Å²) in [5.41, 5.74) is 7.37. The summed E-state index contributed by atoms with van der Waals surface area (Å²) < 4.78 is 7.25. The zero-order chi connectivity index (χ0) is 15.2. The van der Waals surface area contributed by atoms with Gasteiger partial charge >= 0.3 is 0 Å². The van der Waals surface area contributed by atoms with E-state index in [0.717, 1.165) is 12.0 Å². The average molecular weight is 289 g/mol. The molecule has 0 fully saturated rings. The van der Waals surface area contributed by atoms with Crippen molar-refractivity contribution in [3.63, 3.8) is 0 Å². The minimum atomic E-state index is 0.243. The first-order valence-corrected chi connectivity index (χ1v) is 7.39. The van der Waals surface area contributed by atoms with Crippen molar-refractivity contribution in [2.75, 3.05) is 12.8 Å². The fourth-order valence-corrected chi connectivity index (χ4v) is 2.44. The maximum atomic E-state index is 5.96. The molecule has 1 aromatic heterocycles. The van der Waals surface area contributed by atoms with Crippen LogP contribution in [0.2, 0.25) is 0 Å². The van der Waals surface area contributed by atoms with E-state index in [0.29, 0.717) is 17.3 Å². The number of unbranched alkanes of at least 4 members (excludes halogenated alkanes) is 2. The molecule has 0 aliphatic rings. The lowest BCUT2D eigenvalue weighted by molar-refractivity contribution is 0.414. The predicted octanol–water partition coefficient (Wildman–Crippen LogP) is 3.07. The van der Waals surface area contributed by atoms with Gasteiger partial charge < -0.3 is 10.5 Å². The topological polar surface area (TPSA) is 78.9 Å². The normalized spacial score (nSPS) is 12.3. The number of ether oxygens (including phenoxy) is 1. The molecule has 1 heterocycles. The van der Waals surface area contributed by atoms with Gasteiger partial charge in [0.05, 0.1) is 24.4 Å². The highest BCUT2D eigenvalue weighted by Gasteiger charge is 2.18. The lowest BCUT2D eigenvalue weighted by Gasteiger charge is -2.15. The molecule has 0 bridgehead atoms. The highest BCUT2D eigenvalue weighted by Crippen LogP contribution is 2.34. The zero-order valence-electron chi connectivity index (χ0n) is 12.9. The molecule has 0 aliphatic heterocycles. The Morgan fingerprint density at radius 2 is 2.14 bits per heavy atom. The number of nitrogens with two attached hydrogens (primary N) is 1. The molecule has 0 saturated carbocycles. The number of methoxy groups -OCH3 is 1. The van der Waals surface area contributed by atoms with Crippen molar-refractivity contribution in [3.8, 4) is 17.1 Å². The van der Waals surface area contributed by atoms with Gasteiger partial charge in [-0.1, -0.05) is 32.3 Å². The van der Waals surface area contributed by atoms with Gasteiger partial charge in [-0.3, -0.25) is 0 Å². The minimum absolute atomic E-state index is 0.243. The average Bonchev–Trinajstić information content (AvgIpc) is 2.96. The number of para-hydroxylation sites is 1. The van der Waals surface area contributed by atoms with Gasteiger partial charge in [0, 0.05) is 0 Å². The van der Waals surface area contributed by atoms with Crippen LogP contribution < -0.4 is 10.5 Å². The van der Waals surface area contributed by atoms with E-state index in [1.807, 2.05) is 16.8 Å². The summed E-state index contributed by atoms with van der Waals surface area (Å²) in [6.07, 6.45) is 4.66. The quantitative estimate of drug-likeness (QED) is 0.626. The summed E-state index contributed by atoms with van der Waals surface area (Å²) in [6, 6.07) is 5.86. The number of nitrogens with zero attached hydrogens (tertiary/aromatic N) is 4. The molecular formula is C15H23N5O. The number of aromatic nitrogens is 4. The number of anilines is 1. The summed E-state index contributed by atoms with van der Waals surface area (Å²) >= 11 is 0. The van der Waals surface area contributed by atoms with Crippen molar-refractivity contribution in [3.05, 3.63) is 18.2 Å². The lowest BCUT2D eigenvalue weighted by atomic mass is 10.1. The number of hydrogen-bond acceptors (Lipinski definition) is 5. The minimum Gasteiger partial charge on any atom is -0.494 e. The van der Waals surface area contributed by atoms with E-state index in [-0.39, 0.29) is 6.04 Å². The molecule has 2 aromatic rings. The standard InChI is InChI=1S/C15H23N5O/c1-4-5-6-8-11(2)20-15(17-18-19-20)12-9-7-10-13(16)14(12)21-3/h7,9-11H,4-6,8,16H2,1-3H3. The number of tetrazole rings is 1. The van der Waals surface area contributed by atoms with Crippen molar-refractivity contribution in [2.24, 2.45) is 0 Å². The Morgan fingerprint density at radius 1 is 1.33 bits per heavy atom. The Balaban J connectivity index is 2.30. The fraction of sp³-hybridized carbons (Fsp3) is 0.533. The van der Waals surface area contributed by atoms with E-state index < -0.39 is 0 Å². The first-order valence-electron chi connectivity index (χ1n) is 7.39. The Kier molecular flexibility index (Phi) is 5.14. The maximum absolute atomic E-state index is 5.96. The second-order valence-corrected chi connectivity index (χ2v) is 5.22. The number of benzene rings is 1. The molecule has 21 heavy (non-hydrogen) atoms. The van der Waals surface area contributed by atoms with E-state index in [1.165, 1.54) is 19.3 Å². The van der Waals surface area contributed by atoms with E-state index >= 15 is 0 Å². The van der Waals surface area contributed by atoms with Crippen LogP contribution in [-0.4, -0.2) is 27.3 Å². The molecule has 1 unspecified atom stereocenters. The maximum Gasteiger partial charge on any atom is 0.186 e. The van der Waals surface area contributed by atoms with Crippen molar-refractivity contribution >= 4 is 5.69 Å². The predicted molar refractivity (Wildman–Crippen MR) is 83.1 cm³/mol. The summed E-state index contributed by atoms with van der Waals surface area (Å²) in [5, 5.41) is 12.1. The van der Waals surface area contributed by atoms with E-state index in [2.05, 4.69) is 29.4 Å². The van der Waals surface area contributed by atoms with Crippen LogP contribution in [0.3, 0.4) is 0 Å². The molecule has 0 radical (unpaired) electrons. The molecule has 114 valence electrons. The van der Waals surface area contributed by atoms with Crippen LogP contribution >= 0.6 is 0 Å². The number of nitrogen functional groups attached to an aromatic ring is 1. The first kappa shape index (κ1) is 15.3. The third kappa shape index (κ3) is 3.32. The van der Waals surface area contributed by atoms with E-state index in [9.17, 15) is 0 Å². The summed E-state index contributed by atoms with van der Waals surface area (Å²) in [6.45, 7) is 4.33. The second-order valence-electron chi connectivity index (χ2n) is 5.22. The van der Waals surface area contributed by atoms with Crippen LogP contribution in [0.15, 0.2) is 18.2 Å². The second kappa shape index (κ2) is 7.06. The third-order valence-corrected chi connectivity index (χ3v) is 3.63. The summed E-state index contributed by atoms with van der Waals surface area (Å²) in [4.78, 5) is 0. The van der Waals surface area contributed by atoms with Crippen LogP contribution in [-0.2, 0) is 0 Å². The largest absolute Gasteiger partial charge is 0.494 e. The van der Waals surface area contributed by atoms with E-state index in [1.54, 1.807) is 13.2 Å². The molecule has 1 aromatic carbocycles. The van der Waals surface area contributed by atoms with Gasteiger partial charge in [0.1, 0.15) is 0 Å². The van der Waals surface area contributed by atoms with Gasteiger partial charge in [0.15, 0.2) is 11.6 Å². The van der Waals surface area contributed by atoms with Crippen LogP contribution in [0.4, 0.5) is 5.69 Å². The van der Waals surface area contributed by atoms with Crippen LogP contribution in [0.5, 0.6) is 5.75 Å². The number of rotatable bonds is 7. The molecule has 0 aliphatic carbocycles. The monoisotopic (exact) mass is 289 g/mol. The van der Waals surface area contributed by atoms with Gasteiger partial charge in [-0.15, -0.1) is 5.10 Å². The molecule has 2 N–H and O–H groups in total. The van der Waals surface area contributed by atoms with E-state index in [4.69, 9.17) is 10.5 Å². The third-order valence-electron chi connectivity index (χ3n) is 3.63. The Labute approximate surface area is 125 Å². The van der Waals surface area contributed by atoms with Gasteiger partial charge in [-0.25, -0.2) is 4.68 Å². The molecule has 1 atom stereocenters. The Morgan fingerprint density at radius 3 is 2.86 bits per heavy atom. The SMILES string of the molecule is CCCCCC(C)n1nnnc1-c1cccc(N)c1OC. The van der Waals surface area contributed by atoms with Crippen molar-refractivity contribution < 1.29 is 4.74 Å². The molecule has 0 saturated heterocycles. The first-order chi connectivity index (χ1) is 10.2. The molecule has 2 rings (SSSR count). The van der Waals surface area contributed by atoms with Gasteiger partial charge in [0.2, 0.25) is 0 Å². The van der Waals surface area contributed by atoms with Gasteiger partial charge in [-0.05, 0) is 35.9 Å². The molecular weight excluding hydrogens is 266 g/mol. The van der Waals surface area contributed by atoms with Crippen LogP contribution in [0.1, 0.15) is 45.6 Å². The van der Waals surface area contributed by atoms with Crippen LogP contribution in [0.25, 0.3) is 11.4 Å². The number of hydrogen-bond donors (Lipinski definition) is 1. The highest BCUT2D eigenvalue weighted by atomic mass is 16.5. The fourth-order valence-electron chi connectivity index (χ4n) is 2.44. The molecule has 6 nitrogen and oxygen atoms in total. The molecule has 0 spiro atoms. The Bertz CT molecular complexity index is 581. The van der Waals surface area contributed by atoms with Crippen molar-refractivity contribution in [1.29, 1.82) is 0 Å². The Hall–Kier alpha value is -2.11. The van der Waals surface area contributed by atoms with Crippen molar-refractivity contribution in [1.82, 2.24) is 20.2 Å². The lowest BCUT2D eigenvalue weighted by Crippen LogP contribution is -2.10. The zero-order valence-corrected chi connectivity index (χ0v) is 12.9. The molecule has 6 heteroatoms. The van der Waals surface area contributed by atoms with Gasteiger partial charge in [0.25, 0.3) is 0 Å². The summed E-state index contributed by atoms with van der Waals surface area (Å²) in [5.74, 6) is 1.32. The van der Waals surface area contributed by atoms with Gasteiger partial charge in [-0.2, -0.15) is 0 Å². The van der Waals surface area contributed by atoms with Crippen LogP contribution in [0, 0.1) is 0 Å². The highest BCUT2D eigenvalue weighted by molar-refractivity contribution is 5.73. The summed E-state index contributed by atoms with van der Waals surface area (Å²) in [7, 11) is 1.61. The van der Waals surface area contributed by atoms with Crippen molar-refractivity contribution in [2.45, 2.75) is 45.6 Å². The smallest absolute Gasteiger partial charge is 0.186 e.